The van der Waals surface area contributed by atoms with Crippen LogP contribution in [-0.4, -0.2) is 15.8 Å². The number of oxazole rings is 1. The monoisotopic (exact) mass is 376 g/mol. The summed E-state index contributed by atoms with van der Waals surface area (Å²) < 4.78 is 5.94. The highest BCUT2D eigenvalue weighted by molar-refractivity contribution is 5.78. The average Bonchev–Trinajstić information content (AvgIpc) is 3.04. The zero-order chi connectivity index (χ0) is 20.1. The van der Waals surface area contributed by atoms with Crippen molar-refractivity contribution in [2.45, 2.75) is 52.6 Å². The summed E-state index contributed by atoms with van der Waals surface area (Å²) in [6.07, 6.45) is 0.217. The van der Waals surface area contributed by atoms with Gasteiger partial charge in [-0.15, -0.1) is 0 Å². The molecule has 0 saturated carbocycles. The number of carbonyl (C=O) groups excluding carboxylic acids is 1. The minimum atomic E-state index is -0.181. The number of hydrogen-bond acceptors (Lipinski definition) is 3. The maximum absolute atomic E-state index is 13.2. The standard InChI is InChI=1S/C24H28N2O2/c1-18-21(28-23(25-18)24(2,3)4)15-22(27)26(16-19-11-7-5-8-12-19)17-20-13-9-6-10-14-20/h5-14H,15-17H2,1-4H3. The van der Waals surface area contributed by atoms with Crippen molar-refractivity contribution < 1.29 is 9.21 Å². The fourth-order valence-electron chi connectivity index (χ4n) is 3.00. The Morgan fingerprint density at radius 3 is 1.86 bits per heavy atom. The molecule has 3 aromatic rings. The molecule has 0 radical (unpaired) electrons. The minimum Gasteiger partial charge on any atom is -0.444 e. The predicted octanol–water partition coefficient (Wildman–Crippen LogP) is 5.05. The third-order valence-electron chi connectivity index (χ3n) is 4.63. The predicted molar refractivity (Wildman–Crippen MR) is 111 cm³/mol. The fraction of sp³-hybridized carbons (Fsp3) is 0.333. The Hall–Kier alpha value is -2.88. The lowest BCUT2D eigenvalue weighted by Crippen LogP contribution is -2.31. The molecule has 0 spiro atoms. The number of aryl methyl sites for hydroxylation is 1. The highest BCUT2D eigenvalue weighted by Gasteiger charge is 2.24. The molecule has 3 rings (SSSR count). The molecule has 0 unspecified atom stereocenters. The molecule has 0 saturated heterocycles. The van der Waals surface area contributed by atoms with Gasteiger partial charge in [-0.1, -0.05) is 81.4 Å². The molecule has 0 atom stereocenters. The highest BCUT2D eigenvalue weighted by Crippen LogP contribution is 2.24. The number of carbonyl (C=O) groups is 1. The van der Waals surface area contributed by atoms with E-state index in [4.69, 9.17) is 4.42 Å². The first-order valence-corrected chi connectivity index (χ1v) is 9.65. The Kier molecular flexibility index (Phi) is 5.98. The van der Waals surface area contributed by atoms with Crippen LogP contribution in [0.3, 0.4) is 0 Å². The van der Waals surface area contributed by atoms with Crippen molar-refractivity contribution in [3.8, 4) is 0 Å². The maximum Gasteiger partial charge on any atom is 0.230 e. The normalized spacial score (nSPS) is 11.4. The Bertz CT molecular complexity index is 867. The lowest BCUT2D eigenvalue weighted by molar-refractivity contribution is -0.132. The van der Waals surface area contributed by atoms with Gasteiger partial charge in [0, 0.05) is 18.5 Å². The van der Waals surface area contributed by atoms with E-state index in [0.717, 1.165) is 16.8 Å². The van der Waals surface area contributed by atoms with Crippen LogP contribution < -0.4 is 0 Å². The maximum atomic E-state index is 13.2. The second kappa shape index (κ2) is 8.42. The van der Waals surface area contributed by atoms with E-state index in [0.29, 0.717) is 24.7 Å². The fourth-order valence-corrected chi connectivity index (χ4v) is 3.00. The summed E-state index contributed by atoms with van der Waals surface area (Å²) in [5.74, 6) is 1.36. The van der Waals surface area contributed by atoms with Gasteiger partial charge in [-0.05, 0) is 18.1 Å². The Morgan fingerprint density at radius 1 is 0.929 bits per heavy atom. The first kappa shape index (κ1) is 19.9. The van der Waals surface area contributed by atoms with E-state index in [1.54, 1.807) is 0 Å². The van der Waals surface area contributed by atoms with Crippen LogP contribution >= 0.6 is 0 Å². The molecule has 1 aromatic heterocycles. The van der Waals surface area contributed by atoms with Crippen LogP contribution in [0, 0.1) is 6.92 Å². The molecule has 0 aliphatic heterocycles. The summed E-state index contributed by atoms with van der Waals surface area (Å²) in [5.41, 5.74) is 2.82. The SMILES string of the molecule is Cc1nc(C(C)(C)C)oc1CC(=O)N(Cc1ccccc1)Cc1ccccc1. The van der Waals surface area contributed by atoms with Crippen LogP contribution in [0.15, 0.2) is 65.1 Å². The molecule has 0 N–H and O–H groups in total. The van der Waals surface area contributed by atoms with Gasteiger partial charge in [-0.2, -0.15) is 0 Å². The molecule has 1 amide bonds. The largest absolute Gasteiger partial charge is 0.444 e. The number of aromatic nitrogens is 1. The van der Waals surface area contributed by atoms with Gasteiger partial charge in [0.05, 0.1) is 12.1 Å². The molecule has 1 heterocycles. The van der Waals surface area contributed by atoms with Gasteiger partial charge in [-0.25, -0.2) is 4.98 Å². The third kappa shape index (κ3) is 5.10. The van der Waals surface area contributed by atoms with Crippen molar-refractivity contribution in [1.29, 1.82) is 0 Å². The van der Waals surface area contributed by atoms with E-state index in [2.05, 4.69) is 25.8 Å². The molecule has 28 heavy (non-hydrogen) atoms. The zero-order valence-electron chi connectivity index (χ0n) is 17.1. The van der Waals surface area contributed by atoms with Crippen LogP contribution in [0.5, 0.6) is 0 Å². The molecule has 4 nitrogen and oxygen atoms in total. The summed E-state index contributed by atoms with van der Waals surface area (Å²) in [5, 5.41) is 0. The van der Waals surface area contributed by atoms with Crippen LogP contribution in [0.25, 0.3) is 0 Å². The Balaban J connectivity index is 1.81. The number of amides is 1. The van der Waals surface area contributed by atoms with E-state index in [9.17, 15) is 4.79 Å². The third-order valence-corrected chi connectivity index (χ3v) is 4.63. The van der Waals surface area contributed by atoms with Crippen molar-refractivity contribution in [3.05, 3.63) is 89.1 Å². The first-order chi connectivity index (χ1) is 13.3. The van der Waals surface area contributed by atoms with E-state index in [1.165, 1.54) is 0 Å². The van der Waals surface area contributed by atoms with Gasteiger partial charge >= 0.3 is 0 Å². The van der Waals surface area contributed by atoms with Crippen LogP contribution in [-0.2, 0) is 29.7 Å². The summed E-state index contributed by atoms with van der Waals surface area (Å²) in [6, 6.07) is 20.1. The van der Waals surface area contributed by atoms with Gasteiger partial charge in [0.1, 0.15) is 5.76 Å². The second-order valence-corrected chi connectivity index (χ2v) is 8.18. The van der Waals surface area contributed by atoms with E-state index >= 15 is 0 Å². The van der Waals surface area contributed by atoms with Crippen LogP contribution in [0.1, 0.15) is 49.2 Å². The van der Waals surface area contributed by atoms with Crippen molar-refractivity contribution in [2.75, 3.05) is 0 Å². The van der Waals surface area contributed by atoms with Crippen LogP contribution in [0.2, 0.25) is 0 Å². The van der Waals surface area contributed by atoms with Gasteiger partial charge in [0.2, 0.25) is 5.91 Å². The van der Waals surface area contributed by atoms with Gasteiger partial charge in [-0.3, -0.25) is 4.79 Å². The number of hydrogen-bond donors (Lipinski definition) is 0. The molecule has 146 valence electrons. The summed E-state index contributed by atoms with van der Waals surface area (Å²) in [7, 11) is 0. The molecule has 0 aliphatic carbocycles. The van der Waals surface area contributed by atoms with Crippen molar-refractivity contribution in [3.63, 3.8) is 0 Å². The molecule has 0 aliphatic rings. The molecular formula is C24H28N2O2. The second-order valence-electron chi connectivity index (χ2n) is 8.18. The number of rotatable bonds is 6. The molecule has 0 bridgehead atoms. The van der Waals surface area contributed by atoms with Gasteiger partial charge < -0.3 is 9.32 Å². The minimum absolute atomic E-state index is 0.0346. The molecule has 4 heteroatoms. The highest BCUT2D eigenvalue weighted by atomic mass is 16.4. The summed E-state index contributed by atoms with van der Waals surface area (Å²) in [4.78, 5) is 19.6. The van der Waals surface area contributed by atoms with Gasteiger partial charge in [0.25, 0.3) is 0 Å². The topological polar surface area (TPSA) is 46.3 Å². The lowest BCUT2D eigenvalue weighted by Gasteiger charge is -2.23. The van der Waals surface area contributed by atoms with E-state index in [-0.39, 0.29) is 17.7 Å². The number of benzene rings is 2. The Morgan fingerprint density at radius 2 is 1.43 bits per heavy atom. The first-order valence-electron chi connectivity index (χ1n) is 9.65. The van der Waals surface area contributed by atoms with E-state index < -0.39 is 0 Å². The average molecular weight is 377 g/mol. The quantitative estimate of drug-likeness (QED) is 0.605. The summed E-state index contributed by atoms with van der Waals surface area (Å²) in [6.45, 7) is 9.20. The lowest BCUT2D eigenvalue weighted by atomic mass is 9.97. The molecular weight excluding hydrogens is 348 g/mol. The zero-order valence-corrected chi connectivity index (χ0v) is 17.1. The summed E-state index contributed by atoms with van der Waals surface area (Å²) >= 11 is 0. The Labute approximate surface area is 167 Å². The van der Waals surface area contributed by atoms with Crippen molar-refractivity contribution >= 4 is 5.91 Å². The van der Waals surface area contributed by atoms with E-state index in [1.807, 2.05) is 72.5 Å². The molecule has 2 aromatic carbocycles. The smallest absolute Gasteiger partial charge is 0.230 e. The van der Waals surface area contributed by atoms with Crippen molar-refractivity contribution in [2.24, 2.45) is 0 Å². The number of nitrogens with zero attached hydrogens (tertiary/aromatic N) is 2. The molecule has 0 fully saturated rings. The van der Waals surface area contributed by atoms with Gasteiger partial charge in [0.15, 0.2) is 5.89 Å². The van der Waals surface area contributed by atoms with Crippen LogP contribution in [0.4, 0.5) is 0 Å². The van der Waals surface area contributed by atoms with Crippen molar-refractivity contribution in [1.82, 2.24) is 9.88 Å².